The predicted molar refractivity (Wildman–Crippen MR) is 121 cm³/mol. The highest BCUT2D eigenvalue weighted by molar-refractivity contribution is 7.13. The number of nitrogens with zero attached hydrogens (tertiary/aromatic N) is 3. The highest BCUT2D eigenvalue weighted by Crippen LogP contribution is 2.30. The van der Waals surface area contributed by atoms with Crippen LogP contribution in [-0.4, -0.2) is 75.6 Å². The lowest BCUT2D eigenvalue weighted by Gasteiger charge is -2.27. The van der Waals surface area contributed by atoms with Gasteiger partial charge in [-0.05, 0) is 31.0 Å². The molecule has 10 heteroatoms. The van der Waals surface area contributed by atoms with Gasteiger partial charge in [0.2, 0.25) is 0 Å². The molecule has 3 rings (SSSR count). The van der Waals surface area contributed by atoms with E-state index in [1.54, 1.807) is 31.7 Å². The van der Waals surface area contributed by atoms with Gasteiger partial charge in [-0.25, -0.2) is 9.78 Å². The number of amides is 1. The fraction of sp³-hybridized carbons (Fsp3) is 0.476. The summed E-state index contributed by atoms with van der Waals surface area (Å²) in [6.45, 7) is 2.63. The third-order valence-corrected chi connectivity index (χ3v) is 6.19. The number of carbonyl (C=O) groups excluding carboxylic acids is 1. The first-order valence-corrected chi connectivity index (χ1v) is 10.9. The van der Waals surface area contributed by atoms with E-state index in [1.807, 2.05) is 18.0 Å². The number of ether oxygens (including phenoxy) is 2. The number of aromatic carboxylic acids is 1. The first-order valence-electron chi connectivity index (χ1n) is 10.0. The molecule has 0 radical (unpaired) electrons. The molecular formula is C21H28N4O5S. The SMILES string of the molecule is COCCN(C)c1nc(C(=O)Nc2ccc(N3CCC[C@@H]3COC)cc2C(=O)O)cs1. The molecule has 1 aliphatic rings. The smallest absolute Gasteiger partial charge is 0.337 e. The van der Waals surface area contributed by atoms with Crippen LogP contribution in [0.4, 0.5) is 16.5 Å². The lowest BCUT2D eigenvalue weighted by molar-refractivity contribution is 0.0698. The topological polar surface area (TPSA) is 104 Å². The van der Waals surface area contributed by atoms with Crippen LogP contribution >= 0.6 is 11.3 Å². The number of carboxylic acid groups (broad SMARTS) is 1. The lowest BCUT2D eigenvalue weighted by atomic mass is 10.1. The molecular weight excluding hydrogens is 420 g/mol. The van der Waals surface area contributed by atoms with Crippen molar-refractivity contribution in [3.05, 3.63) is 34.8 Å². The first kappa shape index (κ1) is 23.0. The van der Waals surface area contributed by atoms with Gasteiger partial charge in [0, 0.05) is 45.4 Å². The van der Waals surface area contributed by atoms with E-state index < -0.39 is 11.9 Å². The highest BCUT2D eigenvalue weighted by Gasteiger charge is 2.26. The highest BCUT2D eigenvalue weighted by atomic mass is 32.1. The molecule has 0 spiro atoms. The van der Waals surface area contributed by atoms with E-state index in [-0.39, 0.29) is 23.0 Å². The van der Waals surface area contributed by atoms with Crippen LogP contribution in [0.2, 0.25) is 0 Å². The maximum atomic E-state index is 12.7. The van der Waals surface area contributed by atoms with Gasteiger partial charge < -0.3 is 29.7 Å². The van der Waals surface area contributed by atoms with Crippen molar-refractivity contribution in [1.29, 1.82) is 0 Å². The third kappa shape index (κ3) is 5.52. The van der Waals surface area contributed by atoms with Crippen LogP contribution < -0.4 is 15.1 Å². The molecule has 9 nitrogen and oxygen atoms in total. The summed E-state index contributed by atoms with van der Waals surface area (Å²) < 4.78 is 10.3. The molecule has 1 fully saturated rings. The van der Waals surface area contributed by atoms with Crippen LogP contribution in [0.1, 0.15) is 33.7 Å². The molecule has 1 atom stereocenters. The average molecular weight is 449 g/mol. The van der Waals surface area contributed by atoms with E-state index in [0.29, 0.717) is 24.9 Å². The number of hydrogen-bond acceptors (Lipinski definition) is 8. The van der Waals surface area contributed by atoms with Crippen molar-refractivity contribution >= 4 is 39.7 Å². The quantitative estimate of drug-likeness (QED) is 0.572. The van der Waals surface area contributed by atoms with Gasteiger partial charge in [-0.1, -0.05) is 0 Å². The summed E-state index contributed by atoms with van der Waals surface area (Å²) >= 11 is 1.35. The summed E-state index contributed by atoms with van der Waals surface area (Å²) in [5.41, 5.74) is 1.34. The van der Waals surface area contributed by atoms with E-state index in [0.717, 1.165) is 25.1 Å². The van der Waals surface area contributed by atoms with Crippen LogP contribution in [0.5, 0.6) is 0 Å². The number of rotatable bonds is 10. The number of methoxy groups -OCH3 is 2. The monoisotopic (exact) mass is 448 g/mol. The van der Waals surface area contributed by atoms with Crippen molar-refractivity contribution < 1.29 is 24.2 Å². The van der Waals surface area contributed by atoms with Crippen molar-refractivity contribution in [2.75, 3.05) is 62.7 Å². The molecule has 1 aliphatic heterocycles. The van der Waals surface area contributed by atoms with Crippen LogP contribution in [0.25, 0.3) is 0 Å². The molecule has 1 aromatic carbocycles. The van der Waals surface area contributed by atoms with Crippen molar-refractivity contribution in [2.24, 2.45) is 0 Å². The van der Waals surface area contributed by atoms with Crippen molar-refractivity contribution in [3.63, 3.8) is 0 Å². The average Bonchev–Trinajstić information content (AvgIpc) is 3.42. The molecule has 0 saturated carbocycles. The Morgan fingerprint density at radius 1 is 1.35 bits per heavy atom. The maximum absolute atomic E-state index is 12.7. The van der Waals surface area contributed by atoms with Gasteiger partial charge >= 0.3 is 5.97 Å². The number of carbonyl (C=O) groups is 2. The lowest BCUT2D eigenvalue weighted by Crippen LogP contribution is -2.32. The Hall–Kier alpha value is -2.69. The summed E-state index contributed by atoms with van der Waals surface area (Å²) in [5, 5.41) is 14.8. The standard InChI is InChI=1S/C21H28N4O5S/c1-24(9-10-29-2)21-23-18(13-31-21)19(26)22-17-7-6-14(11-16(17)20(27)28)25-8-4-5-15(25)12-30-3/h6-7,11,13,15H,4-5,8-10,12H2,1-3H3,(H,22,26)(H,27,28)/t15-/m1/s1. The van der Waals surface area contributed by atoms with E-state index in [9.17, 15) is 14.7 Å². The summed E-state index contributed by atoms with van der Waals surface area (Å²) in [4.78, 5) is 33.0. The zero-order chi connectivity index (χ0) is 22.4. The summed E-state index contributed by atoms with van der Waals surface area (Å²) in [7, 11) is 5.16. The van der Waals surface area contributed by atoms with Crippen LogP contribution in [-0.2, 0) is 9.47 Å². The Morgan fingerprint density at radius 3 is 2.87 bits per heavy atom. The van der Waals surface area contributed by atoms with Gasteiger partial charge in [0.25, 0.3) is 5.91 Å². The molecule has 1 aromatic heterocycles. The molecule has 2 heterocycles. The molecule has 1 saturated heterocycles. The van der Waals surface area contributed by atoms with E-state index in [1.165, 1.54) is 11.3 Å². The van der Waals surface area contributed by atoms with Crippen molar-refractivity contribution in [1.82, 2.24) is 4.98 Å². The summed E-state index contributed by atoms with van der Waals surface area (Å²) in [6.07, 6.45) is 2.03. The second kappa shape index (κ2) is 10.6. The Morgan fingerprint density at radius 2 is 2.16 bits per heavy atom. The van der Waals surface area contributed by atoms with Gasteiger partial charge in [0.1, 0.15) is 5.69 Å². The number of likely N-dealkylation sites (N-methyl/N-ethyl adjacent to an activating group) is 1. The third-order valence-electron chi connectivity index (χ3n) is 5.23. The second-order valence-electron chi connectivity index (χ2n) is 7.36. The fourth-order valence-electron chi connectivity index (χ4n) is 3.59. The number of hydrogen-bond donors (Lipinski definition) is 2. The van der Waals surface area contributed by atoms with Crippen molar-refractivity contribution in [3.8, 4) is 0 Å². The Balaban J connectivity index is 1.76. The molecule has 2 aromatic rings. The minimum absolute atomic E-state index is 0.0431. The normalized spacial score (nSPS) is 15.8. The van der Waals surface area contributed by atoms with E-state index in [2.05, 4.69) is 15.2 Å². The number of carboxylic acids is 1. The zero-order valence-electron chi connectivity index (χ0n) is 18.0. The maximum Gasteiger partial charge on any atom is 0.337 e. The van der Waals surface area contributed by atoms with Gasteiger partial charge in [-0.15, -0.1) is 11.3 Å². The van der Waals surface area contributed by atoms with Gasteiger partial charge in [0.15, 0.2) is 5.13 Å². The zero-order valence-corrected chi connectivity index (χ0v) is 18.8. The minimum atomic E-state index is -1.10. The van der Waals surface area contributed by atoms with Crippen molar-refractivity contribution in [2.45, 2.75) is 18.9 Å². The Kier molecular flexibility index (Phi) is 7.83. The first-order chi connectivity index (χ1) is 14.9. The van der Waals surface area contributed by atoms with Crippen LogP contribution in [0.15, 0.2) is 23.6 Å². The Labute approximate surface area is 185 Å². The molecule has 0 bridgehead atoms. The molecule has 0 aliphatic carbocycles. The molecule has 1 amide bonds. The molecule has 2 N–H and O–H groups in total. The van der Waals surface area contributed by atoms with Crippen LogP contribution in [0, 0.1) is 0 Å². The summed E-state index contributed by atoms with van der Waals surface area (Å²) in [5.74, 6) is -1.55. The molecule has 0 unspecified atom stereocenters. The summed E-state index contributed by atoms with van der Waals surface area (Å²) in [6, 6.07) is 5.30. The Bertz CT molecular complexity index is 919. The number of thiazole rings is 1. The predicted octanol–water partition coefficient (Wildman–Crippen LogP) is 2.79. The van der Waals surface area contributed by atoms with Gasteiger partial charge in [-0.2, -0.15) is 0 Å². The van der Waals surface area contributed by atoms with E-state index in [4.69, 9.17) is 9.47 Å². The minimum Gasteiger partial charge on any atom is -0.478 e. The number of benzene rings is 1. The fourth-order valence-corrected chi connectivity index (χ4v) is 4.39. The van der Waals surface area contributed by atoms with Crippen LogP contribution in [0.3, 0.4) is 0 Å². The molecule has 168 valence electrons. The van der Waals surface area contributed by atoms with Gasteiger partial charge in [-0.3, -0.25) is 4.79 Å². The van der Waals surface area contributed by atoms with E-state index >= 15 is 0 Å². The number of anilines is 3. The number of aromatic nitrogens is 1. The second-order valence-corrected chi connectivity index (χ2v) is 8.20. The number of nitrogens with one attached hydrogen (secondary N) is 1. The van der Waals surface area contributed by atoms with Gasteiger partial charge in [0.05, 0.1) is 30.5 Å². The largest absolute Gasteiger partial charge is 0.478 e. The molecule has 31 heavy (non-hydrogen) atoms.